The second-order valence-corrected chi connectivity index (χ2v) is 5.64. The fourth-order valence-electron chi connectivity index (χ4n) is 3.10. The largest absolute Gasteiger partial charge is 0.481 e. The van der Waals surface area contributed by atoms with E-state index in [1.807, 2.05) is 18.3 Å². The van der Waals surface area contributed by atoms with Crippen molar-refractivity contribution in [1.82, 2.24) is 4.98 Å². The van der Waals surface area contributed by atoms with E-state index in [9.17, 15) is 14.3 Å². The molecule has 0 fully saturated rings. The van der Waals surface area contributed by atoms with Crippen LogP contribution in [0.5, 0.6) is 0 Å². The number of aliphatic carboxylic acids is 1. The van der Waals surface area contributed by atoms with Crippen LogP contribution in [0.4, 0.5) is 4.39 Å². The van der Waals surface area contributed by atoms with Crippen LogP contribution in [0.15, 0.2) is 48.7 Å². The van der Waals surface area contributed by atoms with Gasteiger partial charge in [0.15, 0.2) is 0 Å². The number of carboxylic acid groups (broad SMARTS) is 1. The number of nitrogens with one attached hydrogen (secondary N) is 1. The summed E-state index contributed by atoms with van der Waals surface area (Å²) in [5, 5.41) is 10.3. The van der Waals surface area contributed by atoms with Gasteiger partial charge in [-0.1, -0.05) is 37.3 Å². The molecule has 3 rings (SSSR count). The number of aromatic amines is 1. The van der Waals surface area contributed by atoms with E-state index in [4.69, 9.17) is 0 Å². The third-order valence-corrected chi connectivity index (χ3v) is 4.24. The van der Waals surface area contributed by atoms with Gasteiger partial charge in [0.25, 0.3) is 0 Å². The molecule has 0 saturated carbocycles. The van der Waals surface area contributed by atoms with Gasteiger partial charge in [-0.15, -0.1) is 0 Å². The lowest BCUT2D eigenvalue weighted by atomic mass is 9.88. The average Bonchev–Trinajstić information content (AvgIpc) is 2.97. The summed E-state index contributed by atoms with van der Waals surface area (Å²) in [5.74, 6) is -1.51. The zero-order valence-electron chi connectivity index (χ0n) is 12.8. The minimum Gasteiger partial charge on any atom is -0.481 e. The number of halogens is 1. The molecule has 1 heterocycles. The van der Waals surface area contributed by atoms with E-state index >= 15 is 0 Å². The molecule has 4 heteroatoms. The number of H-pyrrole nitrogens is 1. The van der Waals surface area contributed by atoms with Crippen LogP contribution in [0.25, 0.3) is 10.9 Å². The lowest BCUT2D eigenvalue weighted by Gasteiger charge is -2.15. The van der Waals surface area contributed by atoms with Crippen molar-refractivity contribution in [3.8, 4) is 0 Å². The Morgan fingerprint density at radius 2 is 1.96 bits per heavy atom. The van der Waals surface area contributed by atoms with Gasteiger partial charge in [-0.3, -0.25) is 4.79 Å². The van der Waals surface area contributed by atoms with Crippen molar-refractivity contribution in [2.45, 2.75) is 25.7 Å². The Balaban J connectivity index is 2.13. The highest BCUT2D eigenvalue weighted by Gasteiger charge is 2.21. The Bertz CT molecular complexity index is 836. The summed E-state index contributed by atoms with van der Waals surface area (Å²) in [4.78, 5) is 14.6. The van der Waals surface area contributed by atoms with Crippen LogP contribution in [0.1, 0.15) is 36.0 Å². The fourth-order valence-corrected chi connectivity index (χ4v) is 3.10. The maximum absolute atomic E-state index is 13.2. The number of benzene rings is 2. The van der Waals surface area contributed by atoms with Crippen LogP contribution < -0.4 is 0 Å². The van der Waals surface area contributed by atoms with Gasteiger partial charge in [-0.2, -0.15) is 0 Å². The predicted octanol–water partition coefficient (Wildman–Crippen LogP) is 4.48. The summed E-state index contributed by atoms with van der Waals surface area (Å²) in [6.45, 7) is 2.09. The van der Waals surface area contributed by atoms with Gasteiger partial charge in [-0.05, 0) is 35.2 Å². The van der Waals surface area contributed by atoms with Crippen molar-refractivity contribution in [3.05, 3.63) is 71.2 Å². The number of para-hydroxylation sites is 1. The molecule has 3 aromatic rings. The molecule has 0 saturated heterocycles. The molecule has 0 aliphatic heterocycles. The Morgan fingerprint density at radius 1 is 1.22 bits per heavy atom. The third-order valence-electron chi connectivity index (χ3n) is 4.24. The van der Waals surface area contributed by atoms with Crippen LogP contribution in [-0.4, -0.2) is 16.1 Å². The second-order valence-electron chi connectivity index (χ2n) is 5.64. The quantitative estimate of drug-likeness (QED) is 0.730. The predicted molar refractivity (Wildman–Crippen MR) is 88.2 cm³/mol. The van der Waals surface area contributed by atoms with E-state index in [0.29, 0.717) is 0 Å². The number of aryl methyl sites for hydroxylation is 1. The van der Waals surface area contributed by atoms with Gasteiger partial charge < -0.3 is 10.1 Å². The Kier molecular flexibility index (Phi) is 4.15. The molecular weight excluding hydrogens is 293 g/mol. The first-order valence-electron chi connectivity index (χ1n) is 7.66. The number of rotatable bonds is 5. The molecule has 2 N–H and O–H groups in total. The van der Waals surface area contributed by atoms with E-state index in [2.05, 4.69) is 18.0 Å². The van der Waals surface area contributed by atoms with E-state index in [0.717, 1.165) is 28.5 Å². The first-order valence-corrected chi connectivity index (χ1v) is 7.66. The van der Waals surface area contributed by atoms with E-state index in [1.165, 1.54) is 17.7 Å². The van der Waals surface area contributed by atoms with E-state index < -0.39 is 5.97 Å². The van der Waals surface area contributed by atoms with Crippen LogP contribution in [0.2, 0.25) is 0 Å². The summed E-state index contributed by atoms with van der Waals surface area (Å²) in [6, 6.07) is 12.1. The molecule has 2 aromatic carbocycles. The molecule has 1 atom stereocenters. The highest BCUT2D eigenvalue weighted by Crippen LogP contribution is 2.34. The molecule has 118 valence electrons. The lowest BCUT2D eigenvalue weighted by Crippen LogP contribution is -2.07. The zero-order chi connectivity index (χ0) is 16.4. The number of hydrogen-bond acceptors (Lipinski definition) is 1. The van der Waals surface area contributed by atoms with Gasteiger partial charge >= 0.3 is 5.97 Å². The normalized spacial score (nSPS) is 12.4. The number of hydrogen-bond donors (Lipinski definition) is 2. The van der Waals surface area contributed by atoms with Gasteiger partial charge in [0.05, 0.1) is 6.42 Å². The topological polar surface area (TPSA) is 53.1 Å². The summed E-state index contributed by atoms with van der Waals surface area (Å²) in [6.07, 6.45) is 2.74. The Morgan fingerprint density at radius 3 is 2.61 bits per heavy atom. The first-order chi connectivity index (χ1) is 11.1. The van der Waals surface area contributed by atoms with Gasteiger partial charge in [0.2, 0.25) is 0 Å². The summed E-state index contributed by atoms with van der Waals surface area (Å²) >= 11 is 0. The standard InChI is InChI=1S/C19H18FNO2/c1-2-12-4-3-5-15-17(11-21-19(12)15)16(10-18(22)23)13-6-8-14(20)9-7-13/h3-9,11,16,21H,2,10H2,1H3,(H,22,23). The number of carboxylic acids is 1. The molecular formula is C19H18FNO2. The van der Waals surface area contributed by atoms with Crippen molar-refractivity contribution in [3.63, 3.8) is 0 Å². The molecule has 0 spiro atoms. The molecule has 0 aliphatic carbocycles. The third kappa shape index (κ3) is 2.97. The molecule has 0 aliphatic rings. The smallest absolute Gasteiger partial charge is 0.304 e. The maximum Gasteiger partial charge on any atom is 0.304 e. The van der Waals surface area contributed by atoms with Crippen LogP contribution in [0, 0.1) is 5.82 Å². The van der Waals surface area contributed by atoms with Gasteiger partial charge in [0, 0.05) is 23.0 Å². The summed E-state index contributed by atoms with van der Waals surface area (Å²) in [5.41, 5.74) is 3.98. The molecule has 3 nitrogen and oxygen atoms in total. The van der Waals surface area contributed by atoms with Crippen molar-refractivity contribution >= 4 is 16.9 Å². The van der Waals surface area contributed by atoms with Crippen molar-refractivity contribution in [1.29, 1.82) is 0 Å². The zero-order valence-corrected chi connectivity index (χ0v) is 12.8. The number of carbonyl (C=O) groups is 1. The van der Waals surface area contributed by atoms with Crippen LogP contribution in [-0.2, 0) is 11.2 Å². The molecule has 1 aromatic heterocycles. The van der Waals surface area contributed by atoms with Crippen molar-refractivity contribution < 1.29 is 14.3 Å². The molecule has 0 amide bonds. The van der Waals surface area contributed by atoms with Crippen LogP contribution >= 0.6 is 0 Å². The SMILES string of the molecule is CCc1cccc2c(C(CC(=O)O)c3ccc(F)cc3)c[nH]c12. The summed E-state index contributed by atoms with van der Waals surface area (Å²) < 4.78 is 13.2. The average molecular weight is 311 g/mol. The minimum atomic E-state index is -0.875. The molecule has 23 heavy (non-hydrogen) atoms. The Hall–Kier alpha value is -2.62. The highest BCUT2D eigenvalue weighted by molar-refractivity contribution is 5.87. The monoisotopic (exact) mass is 311 g/mol. The number of fused-ring (bicyclic) bond motifs is 1. The lowest BCUT2D eigenvalue weighted by molar-refractivity contribution is -0.137. The number of aromatic nitrogens is 1. The van der Waals surface area contributed by atoms with Crippen molar-refractivity contribution in [2.75, 3.05) is 0 Å². The van der Waals surface area contributed by atoms with E-state index in [1.54, 1.807) is 12.1 Å². The van der Waals surface area contributed by atoms with Crippen LogP contribution in [0.3, 0.4) is 0 Å². The van der Waals surface area contributed by atoms with E-state index in [-0.39, 0.29) is 18.2 Å². The van der Waals surface area contributed by atoms with Gasteiger partial charge in [0.1, 0.15) is 5.82 Å². The first kappa shape index (κ1) is 15.3. The van der Waals surface area contributed by atoms with Gasteiger partial charge in [-0.25, -0.2) is 4.39 Å². The fraction of sp³-hybridized carbons (Fsp3) is 0.211. The molecule has 0 radical (unpaired) electrons. The van der Waals surface area contributed by atoms with Crippen molar-refractivity contribution in [2.24, 2.45) is 0 Å². The second kappa shape index (κ2) is 6.24. The summed E-state index contributed by atoms with van der Waals surface area (Å²) in [7, 11) is 0. The Labute approximate surface area is 133 Å². The highest BCUT2D eigenvalue weighted by atomic mass is 19.1. The molecule has 0 bridgehead atoms. The minimum absolute atomic E-state index is 0.0328. The maximum atomic E-state index is 13.2. The molecule has 1 unspecified atom stereocenters.